The molecule has 2 aliphatic heterocycles. The zero-order chi connectivity index (χ0) is 13.5. The number of nitrogens with one attached hydrogen (secondary N) is 1. The third kappa shape index (κ3) is 2.65. The van der Waals surface area contributed by atoms with Crippen molar-refractivity contribution >= 4 is 17.7 Å². The average Bonchev–Trinajstić information content (AvgIpc) is 2.83. The van der Waals surface area contributed by atoms with Crippen LogP contribution in [0.4, 0.5) is 0 Å². The van der Waals surface area contributed by atoms with E-state index in [-0.39, 0.29) is 10.7 Å². The summed E-state index contributed by atoms with van der Waals surface area (Å²) in [5.41, 5.74) is 3.44. The predicted molar refractivity (Wildman–Crippen MR) is 79.4 cm³/mol. The summed E-state index contributed by atoms with van der Waals surface area (Å²) in [6, 6.07) is 6.13. The molecule has 1 aromatic carbocycles. The summed E-state index contributed by atoms with van der Waals surface area (Å²) in [7, 11) is 0. The van der Waals surface area contributed by atoms with Crippen LogP contribution >= 0.6 is 11.8 Å². The van der Waals surface area contributed by atoms with Gasteiger partial charge in [0.15, 0.2) is 0 Å². The molecule has 1 fully saturated rings. The molecule has 4 heteroatoms. The lowest BCUT2D eigenvalue weighted by Crippen LogP contribution is -2.46. The normalized spacial score (nSPS) is 21.3. The number of fused-ring (bicyclic) bond motifs is 1. The Bertz CT molecular complexity index is 513. The lowest BCUT2D eigenvalue weighted by molar-refractivity contribution is 0.0748. The maximum Gasteiger partial charge on any atom is 0.253 e. The summed E-state index contributed by atoms with van der Waals surface area (Å²) in [6.45, 7) is 7.94. The Balaban J connectivity index is 1.80. The van der Waals surface area contributed by atoms with Crippen LogP contribution in [0.3, 0.4) is 0 Å². The van der Waals surface area contributed by atoms with Crippen LogP contribution in [-0.2, 0) is 13.1 Å². The largest absolute Gasteiger partial charge is 0.336 e. The van der Waals surface area contributed by atoms with E-state index in [0.717, 1.165) is 37.5 Å². The van der Waals surface area contributed by atoms with Crippen molar-refractivity contribution < 1.29 is 4.79 Å². The zero-order valence-electron chi connectivity index (χ0n) is 11.5. The van der Waals surface area contributed by atoms with E-state index in [1.807, 2.05) is 22.7 Å². The minimum Gasteiger partial charge on any atom is -0.336 e. The number of hydrogen-bond donors (Lipinski definition) is 1. The molecule has 0 aliphatic carbocycles. The maximum absolute atomic E-state index is 12.6. The molecule has 1 aromatic rings. The molecule has 1 N–H and O–H groups in total. The molecule has 1 amide bonds. The van der Waals surface area contributed by atoms with Crippen LogP contribution in [0.2, 0.25) is 0 Å². The van der Waals surface area contributed by atoms with E-state index in [0.29, 0.717) is 0 Å². The third-order valence-corrected chi connectivity index (χ3v) is 5.09. The number of thioether (sulfide) groups is 1. The molecule has 0 atom stereocenters. The van der Waals surface area contributed by atoms with Crippen LogP contribution < -0.4 is 5.32 Å². The first-order valence-electron chi connectivity index (χ1n) is 6.81. The molecule has 0 unspecified atom stereocenters. The number of rotatable bonds is 1. The molecule has 1 saturated heterocycles. The summed E-state index contributed by atoms with van der Waals surface area (Å²) < 4.78 is 0.173. The van der Waals surface area contributed by atoms with Crippen molar-refractivity contribution in [3.63, 3.8) is 0 Å². The molecule has 0 aromatic heterocycles. The Morgan fingerprint density at radius 2 is 2.11 bits per heavy atom. The SMILES string of the molecule is CC1(C)CN(C(=O)c2ccc3c(c2)CNC3)CCS1. The summed E-state index contributed by atoms with van der Waals surface area (Å²) in [6.07, 6.45) is 0. The maximum atomic E-state index is 12.6. The van der Waals surface area contributed by atoms with Gasteiger partial charge in [0.2, 0.25) is 0 Å². The van der Waals surface area contributed by atoms with E-state index >= 15 is 0 Å². The number of carbonyl (C=O) groups excluding carboxylic acids is 1. The van der Waals surface area contributed by atoms with E-state index in [2.05, 4.69) is 31.3 Å². The van der Waals surface area contributed by atoms with Crippen molar-refractivity contribution in [2.75, 3.05) is 18.8 Å². The average molecular weight is 276 g/mol. The van der Waals surface area contributed by atoms with Crippen molar-refractivity contribution in [2.24, 2.45) is 0 Å². The van der Waals surface area contributed by atoms with Gasteiger partial charge in [0.1, 0.15) is 0 Å². The van der Waals surface area contributed by atoms with E-state index in [4.69, 9.17) is 0 Å². The van der Waals surface area contributed by atoms with Crippen LogP contribution in [-0.4, -0.2) is 34.4 Å². The Hall–Kier alpha value is -1.00. The summed E-state index contributed by atoms with van der Waals surface area (Å²) in [5.74, 6) is 1.22. The smallest absolute Gasteiger partial charge is 0.253 e. The van der Waals surface area contributed by atoms with Crippen LogP contribution in [0.5, 0.6) is 0 Å². The van der Waals surface area contributed by atoms with E-state index in [1.165, 1.54) is 11.1 Å². The quantitative estimate of drug-likeness (QED) is 0.854. The minimum absolute atomic E-state index is 0.173. The second-order valence-corrected chi connectivity index (χ2v) is 7.72. The second kappa shape index (κ2) is 4.84. The van der Waals surface area contributed by atoms with Gasteiger partial charge < -0.3 is 10.2 Å². The molecule has 3 nitrogen and oxygen atoms in total. The van der Waals surface area contributed by atoms with Crippen molar-refractivity contribution in [1.29, 1.82) is 0 Å². The summed E-state index contributed by atoms with van der Waals surface area (Å²) >= 11 is 1.95. The molecule has 19 heavy (non-hydrogen) atoms. The first kappa shape index (κ1) is 13.0. The van der Waals surface area contributed by atoms with Crippen molar-refractivity contribution in [1.82, 2.24) is 10.2 Å². The Labute approximate surface area is 118 Å². The monoisotopic (exact) mass is 276 g/mol. The molecule has 0 radical (unpaired) electrons. The molecular weight excluding hydrogens is 256 g/mol. The molecule has 2 aliphatic rings. The van der Waals surface area contributed by atoms with E-state index in [1.54, 1.807) is 0 Å². The van der Waals surface area contributed by atoms with Crippen LogP contribution in [0.1, 0.15) is 35.3 Å². The van der Waals surface area contributed by atoms with Gasteiger partial charge in [0, 0.05) is 42.2 Å². The molecule has 2 heterocycles. The first-order chi connectivity index (χ1) is 9.05. The molecule has 102 valence electrons. The highest BCUT2D eigenvalue weighted by atomic mass is 32.2. The Morgan fingerprint density at radius 3 is 2.89 bits per heavy atom. The third-order valence-electron chi connectivity index (χ3n) is 3.80. The van der Waals surface area contributed by atoms with E-state index in [9.17, 15) is 4.79 Å². The van der Waals surface area contributed by atoms with Crippen molar-refractivity contribution in [3.05, 3.63) is 34.9 Å². The fraction of sp³-hybridized carbons (Fsp3) is 0.533. The van der Waals surface area contributed by atoms with Crippen molar-refractivity contribution in [3.8, 4) is 0 Å². The molecule has 0 spiro atoms. The topological polar surface area (TPSA) is 32.3 Å². The number of nitrogens with zero attached hydrogens (tertiary/aromatic N) is 1. The van der Waals surface area contributed by atoms with Gasteiger partial charge in [-0.2, -0.15) is 11.8 Å². The highest BCUT2D eigenvalue weighted by Gasteiger charge is 2.30. The first-order valence-corrected chi connectivity index (χ1v) is 7.79. The zero-order valence-corrected chi connectivity index (χ0v) is 12.3. The summed E-state index contributed by atoms with van der Waals surface area (Å²) in [5, 5.41) is 3.32. The van der Waals surface area contributed by atoms with Crippen LogP contribution in [0, 0.1) is 0 Å². The molecule has 3 rings (SSSR count). The Kier molecular flexibility index (Phi) is 3.31. The number of benzene rings is 1. The van der Waals surface area contributed by atoms with Gasteiger partial charge in [0.05, 0.1) is 0 Å². The van der Waals surface area contributed by atoms with Gasteiger partial charge in [-0.3, -0.25) is 4.79 Å². The van der Waals surface area contributed by atoms with Gasteiger partial charge >= 0.3 is 0 Å². The molecule has 0 saturated carbocycles. The standard InChI is InChI=1S/C15H20N2OS/c1-15(2)10-17(5-6-19-15)14(18)11-3-4-12-8-16-9-13(12)7-11/h3-4,7,16H,5-6,8-10H2,1-2H3. The van der Waals surface area contributed by atoms with Gasteiger partial charge in [-0.25, -0.2) is 0 Å². The van der Waals surface area contributed by atoms with Gasteiger partial charge in [0.25, 0.3) is 5.91 Å². The van der Waals surface area contributed by atoms with Gasteiger partial charge in [-0.1, -0.05) is 6.07 Å². The molecule has 0 bridgehead atoms. The highest BCUT2D eigenvalue weighted by molar-refractivity contribution is 8.00. The van der Waals surface area contributed by atoms with Gasteiger partial charge in [-0.05, 0) is 37.1 Å². The highest BCUT2D eigenvalue weighted by Crippen LogP contribution is 2.30. The number of hydrogen-bond acceptors (Lipinski definition) is 3. The summed E-state index contributed by atoms with van der Waals surface area (Å²) in [4.78, 5) is 14.6. The lowest BCUT2D eigenvalue weighted by atomic mass is 10.0. The Morgan fingerprint density at radius 1 is 1.32 bits per heavy atom. The second-order valence-electron chi connectivity index (χ2n) is 5.92. The van der Waals surface area contributed by atoms with Crippen molar-refractivity contribution in [2.45, 2.75) is 31.7 Å². The predicted octanol–water partition coefficient (Wildman–Crippen LogP) is 2.26. The van der Waals surface area contributed by atoms with Gasteiger partial charge in [-0.15, -0.1) is 0 Å². The fourth-order valence-corrected chi connectivity index (χ4v) is 3.91. The number of carbonyl (C=O) groups is 1. The van der Waals surface area contributed by atoms with E-state index < -0.39 is 0 Å². The minimum atomic E-state index is 0.173. The fourth-order valence-electron chi connectivity index (χ4n) is 2.80. The van der Waals surface area contributed by atoms with Crippen LogP contribution in [0.15, 0.2) is 18.2 Å². The van der Waals surface area contributed by atoms with Crippen LogP contribution in [0.25, 0.3) is 0 Å². The lowest BCUT2D eigenvalue weighted by Gasteiger charge is -2.37. The number of amides is 1. The molecular formula is C15H20N2OS.